The number of nitrogens with zero attached hydrogens (tertiary/aromatic N) is 2. The van der Waals surface area contributed by atoms with Gasteiger partial charge in [0.1, 0.15) is 11.5 Å². The fourth-order valence-corrected chi connectivity index (χ4v) is 5.24. The molecule has 1 saturated heterocycles. The molecule has 220 valence electrons. The summed E-state index contributed by atoms with van der Waals surface area (Å²) >= 11 is 0. The molecule has 2 aromatic heterocycles. The van der Waals surface area contributed by atoms with E-state index in [1.165, 1.54) is 12.1 Å². The molecule has 1 atom stereocenters. The first kappa shape index (κ1) is 29.9. The Hall–Kier alpha value is -4.60. The van der Waals surface area contributed by atoms with Crippen molar-refractivity contribution in [2.75, 3.05) is 18.4 Å². The van der Waals surface area contributed by atoms with Crippen molar-refractivity contribution in [1.29, 1.82) is 0 Å². The predicted molar refractivity (Wildman–Crippen MR) is 169 cm³/mol. The number of anilines is 1. The summed E-state index contributed by atoms with van der Waals surface area (Å²) in [6, 6.07) is 20.9. The number of halogens is 2. The van der Waals surface area contributed by atoms with Crippen molar-refractivity contribution in [2.45, 2.75) is 25.8 Å². The molecule has 3 heterocycles. The molecule has 1 aliphatic heterocycles. The Balaban J connectivity index is 0.00000368. The summed E-state index contributed by atoms with van der Waals surface area (Å²) in [4.78, 5) is 39.0. The molecule has 5 aromatic rings. The molecule has 10 heteroatoms. The van der Waals surface area contributed by atoms with E-state index in [1.54, 1.807) is 30.5 Å². The molecule has 43 heavy (non-hydrogen) atoms. The summed E-state index contributed by atoms with van der Waals surface area (Å²) < 4.78 is 13.4. The first-order valence-corrected chi connectivity index (χ1v) is 14.1. The minimum absolute atomic E-state index is 0. The molecule has 0 spiro atoms. The van der Waals surface area contributed by atoms with E-state index in [2.05, 4.69) is 30.9 Å². The van der Waals surface area contributed by atoms with Gasteiger partial charge in [-0.1, -0.05) is 36.4 Å². The second-order valence-electron chi connectivity index (χ2n) is 10.6. The third kappa shape index (κ3) is 6.90. The number of hydrogen-bond acceptors (Lipinski definition) is 5. The summed E-state index contributed by atoms with van der Waals surface area (Å²) in [5, 5.41) is 11.4. The van der Waals surface area contributed by atoms with Gasteiger partial charge < -0.3 is 20.9 Å². The number of carbonyl (C=O) groups excluding carboxylic acids is 2. The van der Waals surface area contributed by atoms with Crippen LogP contribution in [0.1, 0.15) is 41.7 Å². The molecule has 0 aliphatic carbocycles. The number of fused-ring (bicyclic) bond motifs is 1. The summed E-state index contributed by atoms with van der Waals surface area (Å²) in [6.07, 6.45) is 5.03. The quantitative estimate of drug-likeness (QED) is 0.176. The third-order valence-electron chi connectivity index (χ3n) is 7.65. The lowest BCUT2D eigenvalue weighted by molar-refractivity contribution is -0.120. The minimum atomic E-state index is -0.354. The number of piperidine rings is 1. The van der Waals surface area contributed by atoms with Gasteiger partial charge in [0.05, 0.1) is 17.9 Å². The van der Waals surface area contributed by atoms with Crippen LogP contribution < -0.4 is 16.0 Å². The Morgan fingerprint density at radius 1 is 0.930 bits per heavy atom. The normalized spacial score (nSPS) is 14.1. The van der Waals surface area contributed by atoms with Crippen LogP contribution in [0.2, 0.25) is 0 Å². The maximum atomic E-state index is 13.4. The smallest absolute Gasteiger partial charge is 0.251 e. The Morgan fingerprint density at radius 2 is 1.67 bits per heavy atom. The zero-order valence-corrected chi connectivity index (χ0v) is 24.4. The highest BCUT2D eigenvalue weighted by Gasteiger charge is 2.22. The van der Waals surface area contributed by atoms with Gasteiger partial charge in [-0.2, -0.15) is 0 Å². The second kappa shape index (κ2) is 13.1. The van der Waals surface area contributed by atoms with Crippen LogP contribution in [0.25, 0.3) is 33.5 Å². The highest BCUT2D eigenvalue weighted by atomic mass is 35.5. The number of aromatic nitrogens is 3. The van der Waals surface area contributed by atoms with Crippen LogP contribution in [0.5, 0.6) is 0 Å². The Bertz CT molecular complexity index is 1750. The van der Waals surface area contributed by atoms with Crippen LogP contribution in [0.3, 0.4) is 0 Å². The number of nitrogens with one attached hydrogen (secondary N) is 4. The minimum Gasteiger partial charge on any atom is -0.346 e. The molecule has 1 fully saturated rings. The van der Waals surface area contributed by atoms with Gasteiger partial charge in [0.25, 0.3) is 5.91 Å². The van der Waals surface area contributed by atoms with Gasteiger partial charge in [-0.05, 0) is 80.2 Å². The van der Waals surface area contributed by atoms with E-state index in [0.29, 0.717) is 34.0 Å². The van der Waals surface area contributed by atoms with E-state index in [-0.39, 0.29) is 42.0 Å². The van der Waals surface area contributed by atoms with Crippen LogP contribution in [0.15, 0.2) is 85.2 Å². The van der Waals surface area contributed by atoms with E-state index in [0.717, 1.165) is 42.3 Å². The van der Waals surface area contributed by atoms with Crippen molar-refractivity contribution in [3.8, 4) is 22.8 Å². The number of amides is 2. The first-order chi connectivity index (χ1) is 20.4. The van der Waals surface area contributed by atoms with Crippen molar-refractivity contribution < 1.29 is 14.0 Å². The monoisotopic (exact) mass is 598 g/mol. The molecule has 2 amide bonds. The van der Waals surface area contributed by atoms with Crippen molar-refractivity contribution in [2.24, 2.45) is 5.92 Å². The van der Waals surface area contributed by atoms with Crippen molar-refractivity contribution in [3.05, 3.63) is 102 Å². The lowest BCUT2D eigenvalue weighted by Crippen LogP contribution is -2.34. The SMILES string of the molecule is C[C@@H](NC(=O)c1cc(NC(=O)C2CCNCC2)cc(-c2cnc(-c3cc4ccccc4cn3)[nH]2)c1)c1ccc(F)cc1.Cl. The Labute approximate surface area is 255 Å². The van der Waals surface area contributed by atoms with Gasteiger partial charge in [0.15, 0.2) is 5.82 Å². The number of imidazole rings is 1. The molecule has 1 aliphatic rings. The predicted octanol–water partition coefficient (Wildman–Crippen LogP) is 6.28. The molecule has 8 nitrogen and oxygen atoms in total. The third-order valence-corrected chi connectivity index (χ3v) is 7.65. The number of benzene rings is 3. The largest absolute Gasteiger partial charge is 0.346 e. The topological polar surface area (TPSA) is 112 Å². The number of pyridine rings is 1. The number of hydrogen-bond donors (Lipinski definition) is 4. The lowest BCUT2D eigenvalue weighted by Gasteiger charge is -2.22. The van der Waals surface area contributed by atoms with Gasteiger partial charge in [0, 0.05) is 34.3 Å². The zero-order valence-electron chi connectivity index (χ0n) is 23.6. The maximum Gasteiger partial charge on any atom is 0.251 e. The summed E-state index contributed by atoms with van der Waals surface area (Å²) in [6.45, 7) is 3.44. The van der Waals surface area contributed by atoms with E-state index in [9.17, 15) is 14.0 Å². The Kier molecular flexibility index (Phi) is 9.13. The van der Waals surface area contributed by atoms with E-state index in [1.807, 2.05) is 49.5 Å². The van der Waals surface area contributed by atoms with Gasteiger partial charge in [-0.15, -0.1) is 12.4 Å². The average molecular weight is 599 g/mol. The maximum absolute atomic E-state index is 13.4. The highest BCUT2D eigenvalue weighted by Crippen LogP contribution is 2.28. The fraction of sp³-hybridized carbons (Fsp3) is 0.212. The number of aromatic amines is 1. The van der Waals surface area contributed by atoms with Crippen LogP contribution in [0, 0.1) is 11.7 Å². The lowest BCUT2D eigenvalue weighted by atomic mass is 9.97. The van der Waals surface area contributed by atoms with Crippen LogP contribution >= 0.6 is 12.4 Å². The van der Waals surface area contributed by atoms with Gasteiger partial charge in [-0.3, -0.25) is 14.6 Å². The number of H-pyrrole nitrogens is 1. The van der Waals surface area contributed by atoms with Crippen molar-refractivity contribution in [1.82, 2.24) is 25.6 Å². The van der Waals surface area contributed by atoms with Crippen molar-refractivity contribution in [3.63, 3.8) is 0 Å². The van der Waals surface area contributed by atoms with Crippen molar-refractivity contribution >= 4 is 40.7 Å². The van der Waals surface area contributed by atoms with E-state index < -0.39 is 0 Å². The summed E-state index contributed by atoms with van der Waals surface area (Å²) in [7, 11) is 0. The van der Waals surface area contributed by atoms with Crippen LogP contribution in [0.4, 0.5) is 10.1 Å². The van der Waals surface area contributed by atoms with Crippen LogP contribution in [-0.4, -0.2) is 39.9 Å². The number of rotatable bonds is 7. The summed E-state index contributed by atoms with van der Waals surface area (Å²) in [5.74, 6) is -0.219. The van der Waals surface area contributed by atoms with Crippen LogP contribution in [-0.2, 0) is 4.79 Å². The molecular formula is C33H32ClFN6O2. The molecule has 0 bridgehead atoms. The standard InChI is InChI=1S/C33H31FN6O2.ClH/c1-20(21-6-8-27(34)9-7-21)38-33(42)26-14-25(15-28(16-26)39-32(41)22-10-12-35-13-11-22)30-19-37-31(40-30)29-17-23-4-2-3-5-24(23)18-36-29;/h2-9,14-20,22,35H,10-13H2,1H3,(H,37,40)(H,38,42)(H,39,41);1H/t20-;/m1./s1. The number of carbonyl (C=O) groups is 2. The Morgan fingerprint density at radius 3 is 2.44 bits per heavy atom. The van der Waals surface area contributed by atoms with Gasteiger partial charge in [-0.25, -0.2) is 9.37 Å². The molecule has 0 unspecified atom stereocenters. The van der Waals surface area contributed by atoms with E-state index in [4.69, 9.17) is 0 Å². The first-order valence-electron chi connectivity index (χ1n) is 14.1. The average Bonchev–Trinajstić information content (AvgIpc) is 3.52. The highest BCUT2D eigenvalue weighted by molar-refractivity contribution is 5.99. The fourth-order valence-electron chi connectivity index (χ4n) is 5.24. The van der Waals surface area contributed by atoms with E-state index >= 15 is 0 Å². The van der Waals surface area contributed by atoms with Gasteiger partial charge >= 0.3 is 0 Å². The molecule has 0 radical (unpaired) electrons. The molecule has 3 aromatic carbocycles. The molecule has 4 N–H and O–H groups in total. The summed E-state index contributed by atoms with van der Waals surface area (Å²) in [5.41, 5.74) is 3.75. The van der Waals surface area contributed by atoms with Gasteiger partial charge in [0.2, 0.25) is 5.91 Å². The second-order valence-corrected chi connectivity index (χ2v) is 10.6. The molecular weight excluding hydrogens is 567 g/mol. The molecule has 0 saturated carbocycles. The zero-order chi connectivity index (χ0) is 29.1. The molecule has 6 rings (SSSR count).